The third-order valence-electron chi connectivity index (χ3n) is 3.20. The van der Waals surface area contributed by atoms with Gasteiger partial charge in [-0.05, 0) is 31.6 Å². The average Bonchev–Trinajstić information content (AvgIpc) is 2.16. The lowest BCUT2D eigenvalue weighted by atomic mass is 9.87. The third-order valence-corrected chi connectivity index (χ3v) is 5.34. The lowest BCUT2D eigenvalue weighted by Gasteiger charge is -2.26. The van der Waals surface area contributed by atoms with E-state index in [0.717, 1.165) is 19.3 Å². The standard InChI is InChI=1S/C10H18O4S/c1-2-8-3-5-9(6-4-8)15(13,14)7-10(11)12/h8-9H,2-7H2,1H3,(H,11,12). The van der Waals surface area contributed by atoms with Crippen molar-refractivity contribution in [2.45, 2.75) is 44.3 Å². The summed E-state index contributed by atoms with van der Waals surface area (Å²) in [7, 11) is -3.41. The van der Waals surface area contributed by atoms with E-state index in [-0.39, 0.29) is 0 Å². The summed E-state index contributed by atoms with van der Waals surface area (Å²) < 4.78 is 23.2. The average molecular weight is 234 g/mol. The van der Waals surface area contributed by atoms with Crippen molar-refractivity contribution in [3.63, 3.8) is 0 Å². The van der Waals surface area contributed by atoms with E-state index in [4.69, 9.17) is 5.11 Å². The first-order valence-electron chi connectivity index (χ1n) is 5.39. The molecule has 1 aliphatic carbocycles. The Labute approximate surface area is 90.6 Å². The molecular formula is C10H18O4S. The molecule has 15 heavy (non-hydrogen) atoms. The van der Waals surface area contributed by atoms with E-state index < -0.39 is 26.8 Å². The van der Waals surface area contributed by atoms with Gasteiger partial charge in [-0.1, -0.05) is 13.3 Å². The second kappa shape index (κ2) is 4.96. The van der Waals surface area contributed by atoms with Gasteiger partial charge < -0.3 is 5.11 Å². The van der Waals surface area contributed by atoms with E-state index in [0.29, 0.717) is 18.8 Å². The minimum absolute atomic E-state index is 0.420. The highest BCUT2D eigenvalue weighted by Gasteiger charge is 2.31. The van der Waals surface area contributed by atoms with Crippen LogP contribution in [0.15, 0.2) is 0 Å². The Bertz CT molecular complexity index is 312. The molecule has 0 heterocycles. The molecule has 0 spiro atoms. The van der Waals surface area contributed by atoms with Crippen molar-refractivity contribution in [1.82, 2.24) is 0 Å². The maximum absolute atomic E-state index is 11.6. The SMILES string of the molecule is CCC1CCC(S(=O)(=O)CC(=O)O)CC1. The fraction of sp³-hybridized carbons (Fsp3) is 0.900. The van der Waals surface area contributed by atoms with E-state index in [1.54, 1.807) is 0 Å². The minimum atomic E-state index is -3.41. The van der Waals surface area contributed by atoms with Gasteiger partial charge in [-0.2, -0.15) is 0 Å². The molecule has 1 rings (SSSR count). The maximum Gasteiger partial charge on any atom is 0.318 e. The lowest BCUT2D eigenvalue weighted by molar-refractivity contribution is -0.134. The molecule has 0 aromatic rings. The Morgan fingerprint density at radius 3 is 2.20 bits per heavy atom. The van der Waals surface area contributed by atoms with Gasteiger partial charge in [0.1, 0.15) is 5.75 Å². The number of sulfone groups is 1. The second-order valence-electron chi connectivity index (χ2n) is 4.25. The Hall–Kier alpha value is -0.580. The van der Waals surface area contributed by atoms with Gasteiger partial charge in [0.05, 0.1) is 5.25 Å². The fourth-order valence-corrected chi connectivity index (χ4v) is 3.76. The first-order chi connectivity index (χ1) is 6.95. The highest BCUT2D eigenvalue weighted by Crippen LogP contribution is 2.30. The first-order valence-corrected chi connectivity index (χ1v) is 7.10. The van der Waals surface area contributed by atoms with E-state index >= 15 is 0 Å². The molecule has 0 radical (unpaired) electrons. The van der Waals surface area contributed by atoms with Crippen LogP contribution in [0.25, 0.3) is 0 Å². The molecule has 5 heteroatoms. The van der Waals surface area contributed by atoms with Crippen LogP contribution in [-0.2, 0) is 14.6 Å². The van der Waals surface area contributed by atoms with Crippen molar-refractivity contribution < 1.29 is 18.3 Å². The van der Waals surface area contributed by atoms with Crippen LogP contribution in [0.3, 0.4) is 0 Å². The van der Waals surface area contributed by atoms with E-state index in [1.807, 2.05) is 0 Å². The summed E-state index contributed by atoms with van der Waals surface area (Å²) in [4.78, 5) is 10.4. The van der Waals surface area contributed by atoms with Crippen LogP contribution in [0, 0.1) is 5.92 Å². The number of hydrogen-bond acceptors (Lipinski definition) is 3. The van der Waals surface area contributed by atoms with Crippen LogP contribution < -0.4 is 0 Å². The summed E-state index contributed by atoms with van der Waals surface area (Å²) in [6, 6.07) is 0. The molecule has 0 aromatic carbocycles. The van der Waals surface area contributed by atoms with Gasteiger partial charge in [0.15, 0.2) is 9.84 Å². The van der Waals surface area contributed by atoms with Crippen LogP contribution in [0.5, 0.6) is 0 Å². The molecule has 0 bridgehead atoms. The predicted octanol–water partition coefficient (Wildman–Crippen LogP) is 1.45. The zero-order chi connectivity index (χ0) is 11.5. The van der Waals surface area contributed by atoms with Gasteiger partial charge in [0.25, 0.3) is 0 Å². The summed E-state index contributed by atoms with van der Waals surface area (Å²) in [6.45, 7) is 2.11. The smallest absolute Gasteiger partial charge is 0.318 e. The van der Waals surface area contributed by atoms with Crippen molar-refractivity contribution in [2.24, 2.45) is 5.92 Å². The highest BCUT2D eigenvalue weighted by molar-refractivity contribution is 7.92. The van der Waals surface area contributed by atoms with Crippen LogP contribution in [0.1, 0.15) is 39.0 Å². The molecule has 0 aromatic heterocycles. The molecule has 0 aliphatic heterocycles. The molecule has 0 atom stereocenters. The Kier molecular flexibility index (Phi) is 4.13. The number of carboxylic acid groups (broad SMARTS) is 1. The molecule has 4 nitrogen and oxygen atoms in total. The summed E-state index contributed by atoms with van der Waals surface area (Å²) in [5.74, 6) is -1.33. The third kappa shape index (κ3) is 3.48. The maximum atomic E-state index is 11.6. The van der Waals surface area contributed by atoms with Crippen LogP contribution in [0.4, 0.5) is 0 Å². The van der Waals surface area contributed by atoms with Crippen LogP contribution in [0.2, 0.25) is 0 Å². The van der Waals surface area contributed by atoms with E-state index in [9.17, 15) is 13.2 Å². The minimum Gasteiger partial charge on any atom is -0.480 e. The largest absolute Gasteiger partial charge is 0.480 e. The number of carboxylic acids is 1. The van der Waals surface area contributed by atoms with Crippen molar-refractivity contribution in [3.05, 3.63) is 0 Å². The zero-order valence-electron chi connectivity index (χ0n) is 8.98. The van der Waals surface area contributed by atoms with E-state index in [1.165, 1.54) is 0 Å². The normalized spacial score (nSPS) is 27.5. The van der Waals surface area contributed by atoms with Gasteiger partial charge in [-0.15, -0.1) is 0 Å². The van der Waals surface area contributed by atoms with Gasteiger partial charge in [0, 0.05) is 0 Å². The zero-order valence-corrected chi connectivity index (χ0v) is 9.79. The molecule has 88 valence electrons. The van der Waals surface area contributed by atoms with E-state index in [2.05, 4.69) is 6.92 Å². The number of hydrogen-bond donors (Lipinski definition) is 1. The molecule has 1 aliphatic rings. The molecule has 1 saturated carbocycles. The molecule has 1 N–H and O–H groups in total. The summed E-state index contributed by atoms with van der Waals surface area (Å²) in [5, 5.41) is 8.08. The van der Waals surface area contributed by atoms with Crippen LogP contribution in [-0.4, -0.2) is 30.5 Å². The van der Waals surface area contributed by atoms with Crippen molar-refractivity contribution in [2.75, 3.05) is 5.75 Å². The summed E-state index contributed by atoms with van der Waals surface area (Å²) >= 11 is 0. The van der Waals surface area contributed by atoms with Gasteiger partial charge in [-0.25, -0.2) is 8.42 Å². The predicted molar refractivity (Wildman–Crippen MR) is 57.5 cm³/mol. The van der Waals surface area contributed by atoms with Gasteiger partial charge in [0.2, 0.25) is 0 Å². The molecular weight excluding hydrogens is 216 g/mol. The Morgan fingerprint density at radius 1 is 1.27 bits per heavy atom. The van der Waals surface area contributed by atoms with Crippen molar-refractivity contribution in [3.8, 4) is 0 Å². The number of aliphatic carboxylic acids is 1. The fourth-order valence-electron chi connectivity index (χ4n) is 2.19. The summed E-state index contributed by atoms with van der Waals surface area (Å²) in [6.07, 6.45) is 4.19. The van der Waals surface area contributed by atoms with Crippen molar-refractivity contribution >= 4 is 15.8 Å². The number of rotatable bonds is 4. The summed E-state index contributed by atoms with van der Waals surface area (Å²) in [5.41, 5.74) is 0. The van der Waals surface area contributed by atoms with Gasteiger partial charge in [-0.3, -0.25) is 4.79 Å². The topological polar surface area (TPSA) is 71.4 Å². The monoisotopic (exact) mass is 234 g/mol. The molecule has 0 amide bonds. The van der Waals surface area contributed by atoms with Crippen molar-refractivity contribution in [1.29, 1.82) is 0 Å². The Morgan fingerprint density at radius 2 is 1.80 bits per heavy atom. The second-order valence-corrected chi connectivity index (χ2v) is 6.53. The highest BCUT2D eigenvalue weighted by atomic mass is 32.2. The Balaban J connectivity index is 2.56. The van der Waals surface area contributed by atoms with Crippen LogP contribution >= 0.6 is 0 Å². The molecule has 0 unspecified atom stereocenters. The van der Waals surface area contributed by atoms with Gasteiger partial charge >= 0.3 is 5.97 Å². The quantitative estimate of drug-likeness (QED) is 0.799. The first kappa shape index (κ1) is 12.5. The lowest BCUT2D eigenvalue weighted by Crippen LogP contribution is -2.31. The molecule has 0 saturated heterocycles. The molecule has 1 fully saturated rings. The number of carbonyl (C=O) groups is 1.